The molecule has 6 nitrogen and oxygen atoms in total. The van der Waals surface area contributed by atoms with E-state index in [1.807, 2.05) is 12.1 Å². The average molecular weight is 396 g/mol. The smallest absolute Gasteiger partial charge is 0.191 e. The molecule has 1 fully saturated rings. The van der Waals surface area contributed by atoms with E-state index >= 15 is 0 Å². The number of aromatic nitrogens is 4. The zero-order valence-electron chi connectivity index (χ0n) is 15.9. The van der Waals surface area contributed by atoms with Crippen molar-refractivity contribution in [3.63, 3.8) is 0 Å². The van der Waals surface area contributed by atoms with Crippen LogP contribution >= 0.6 is 11.8 Å². The summed E-state index contributed by atoms with van der Waals surface area (Å²) in [5.41, 5.74) is 2.37. The van der Waals surface area contributed by atoms with E-state index in [-0.39, 0.29) is 0 Å². The Labute approximate surface area is 170 Å². The first-order valence-electron chi connectivity index (χ1n) is 9.70. The summed E-state index contributed by atoms with van der Waals surface area (Å²) in [5, 5.41) is 9.98. The summed E-state index contributed by atoms with van der Waals surface area (Å²) in [4.78, 5) is 6.57. The molecule has 1 saturated heterocycles. The summed E-state index contributed by atoms with van der Waals surface area (Å²) < 4.78 is 7.67. The topological polar surface area (TPSA) is 56.1 Å². The number of benzene rings is 1. The van der Waals surface area contributed by atoms with Gasteiger partial charge in [-0.1, -0.05) is 42.1 Å². The predicted octanol–water partition coefficient (Wildman–Crippen LogP) is 3.01. The van der Waals surface area contributed by atoms with Crippen LogP contribution in [-0.2, 0) is 17.7 Å². The first-order valence-corrected chi connectivity index (χ1v) is 10.7. The molecule has 2 aromatic heterocycles. The third kappa shape index (κ3) is 4.98. The van der Waals surface area contributed by atoms with Gasteiger partial charge in [0.25, 0.3) is 0 Å². The van der Waals surface area contributed by atoms with Gasteiger partial charge in [0.15, 0.2) is 11.0 Å². The van der Waals surface area contributed by atoms with Gasteiger partial charge in [-0.15, -0.1) is 10.2 Å². The van der Waals surface area contributed by atoms with Crippen molar-refractivity contribution < 1.29 is 4.74 Å². The molecular weight excluding hydrogens is 370 g/mol. The highest BCUT2D eigenvalue weighted by molar-refractivity contribution is 7.99. The van der Waals surface area contributed by atoms with Crippen LogP contribution in [-0.4, -0.2) is 63.2 Å². The Morgan fingerprint density at radius 2 is 1.71 bits per heavy atom. The standard InChI is InChI=1S/C21H25N5OS/c1-2-4-18(5-3-1)8-11-26-20(19-6-9-22-10-7-19)23-24-21(26)28-17-14-25-12-15-27-16-13-25/h1-7,9-10H,8,11-17H2. The van der Waals surface area contributed by atoms with Gasteiger partial charge in [0.1, 0.15) is 0 Å². The van der Waals surface area contributed by atoms with Crippen molar-refractivity contribution in [2.45, 2.75) is 18.1 Å². The number of hydrogen-bond donors (Lipinski definition) is 0. The Hall–Kier alpha value is -2.22. The van der Waals surface area contributed by atoms with E-state index < -0.39 is 0 Å². The van der Waals surface area contributed by atoms with Crippen molar-refractivity contribution >= 4 is 11.8 Å². The minimum atomic E-state index is 0.837. The quantitative estimate of drug-likeness (QED) is 0.547. The maximum absolute atomic E-state index is 5.43. The Morgan fingerprint density at radius 1 is 0.929 bits per heavy atom. The number of ether oxygens (including phenoxy) is 1. The molecule has 0 aliphatic carbocycles. The highest BCUT2D eigenvalue weighted by atomic mass is 32.2. The summed E-state index contributed by atoms with van der Waals surface area (Å²) >= 11 is 1.78. The van der Waals surface area contributed by atoms with Gasteiger partial charge in [-0.2, -0.15) is 0 Å². The zero-order valence-corrected chi connectivity index (χ0v) is 16.7. The molecule has 0 radical (unpaired) electrons. The second-order valence-electron chi connectivity index (χ2n) is 6.73. The molecule has 0 unspecified atom stereocenters. The largest absolute Gasteiger partial charge is 0.379 e. The summed E-state index contributed by atoms with van der Waals surface area (Å²) in [6.45, 7) is 5.61. The summed E-state index contributed by atoms with van der Waals surface area (Å²) in [6.07, 6.45) is 4.56. The first-order chi connectivity index (χ1) is 13.9. The van der Waals surface area contributed by atoms with Crippen molar-refractivity contribution in [1.29, 1.82) is 0 Å². The van der Waals surface area contributed by atoms with E-state index in [4.69, 9.17) is 4.74 Å². The normalized spacial score (nSPS) is 15.0. The second-order valence-corrected chi connectivity index (χ2v) is 7.79. The van der Waals surface area contributed by atoms with Crippen LogP contribution in [0.3, 0.4) is 0 Å². The Balaban J connectivity index is 1.47. The van der Waals surface area contributed by atoms with Crippen LogP contribution in [0.2, 0.25) is 0 Å². The van der Waals surface area contributed by atoms with Crippen LogP contribution in [0.15, 0.2) is 60.0 Å². The Bertz CT molecular complexity index is 850. The van der Waals surface area contributed by atoms with Gasteiger partial charge in [0.2, 0.25) is 0 Å². The van der Waals surface area contributed by atoms with Crippen LogP contribution in [0.5, 0.6) is 0 Å². The highest BCUT2D eigenvalue weighted by Crippen LogP contribution is 2.24. The molecule has 28 heavy (non-hydrogen) atoms. The fraction of sp³-hybridized carbons (Fsp3) is 0.381. The van der Waals surface area contributed by atoms with Crippen LogP contribution < -0.4 is 0 Å². The fourth-order valence-electron chi connectivity index (χ4n) is 3.29. The summed E-state index contributed by atoms with van der Waals surface area (Å²) in [6, 6.07) is 14.5. The molecule has 0 bridgehead atoms. The monoisotopic (exact) mass is 395 g/mol. The molecule has 7 heteroatoms. The first kappa shape index (κ1) is 19.1. The molecule has 0 amide bonds. The van der Waals surface area contributed by atoms with Gasteiger partial charge in [-0.25, -0.2) is 0 Å². The lowest BCUT2D eigenvalue weighted by Gasteiger charge is -2.26. The van der Waals surface area contributed by atoms with Gasteiger partial charge in [-0.3, -0.25) is 9.88 Å². The number of rotatable bonds is 8. The molecule has 3 aromatic rings. The van der Waals surface area contributed by atoms with Gasteiger partial charge < -0.3 is 9.30 Å². The van der Waals surface area contributed by atoms with Crippen molar-refractivity contribution in [2.75, 3.05) is 38.6 Å². The number of hydrogen-bond acceptors (Lipinski definition) is 6. The van der Waals surface area contributed by atoms with Crippen LogP contribution in [0, 0.1) is 0 Å². The minimum Gasteiger partial charge on any atom is -0.379 e. The summed E-state index contributed by atoms with van der Waals surface area (Å²) in [7, 11) is 0. The van der Waals surface area contributed by atoms with Gasteiger partial charge in [0, 0.05) is 49.9 Å². The maximum Gasteiger partial charge on any atom is 0.191 e. The fourth-order valence-corrected chi connectivity index (χ4v) is 4.25. The van der Waals surface area contributed by atoms with Crippen molar-refractivity contribution in [3.8, 4) is 11.4 Å². The molecule has 0 spiro atoms. The second kappa shape index (κ2) is 9.82. The molecule has 4 rings (SSSR count). The van der Waals surface area contributed by atoms with Crippen molar-refractivity contribution in [3.05, 3.63) is 60.4 Å². The number of nitrogens with zero attached hydrogens (tertiary/aromatic N) is 5. The Morgan fingerprint density at radius 3 is 2.50 bits per heavy atom. The number of aryl methyl sites for hydroxylation is 1. The highest BCUT2D eigenvalue weighted by Gasteiger charge is 2.16. The van der Waals surface area contributed by atoms with E-state index in [0.29, 0.717) is 0 Å². The molecule has 1 aliphatic heterocycles. The third-order valence-electron chi connectivity index (χ3n) is 4.86. The van der Waals surface area contributed by atoms with E-state index in [0.717, 1.165) is 68.1 Å². The summed E-state index contributed by atoms with van der Waals surface area (Å²) in [5.74, 6) is 1.91. The zero-order chi connectivity index (χ0) is 19.0. The number of pyridine rings is 1. The maximum atomic E-state index is 5.43. The van der Waals surface area contributed by atoms with E-state index in [1.165, 1.54) is 5.56 Å². The molecule has 1 aromatic carbocycles. The lowest BCUT2D eigenvalue weighted by atomic mass is 10.1. The van der Waals surface area contributed by atoms with Gasteiger partial charge in [-0.05, 0) is 24.1 Å². The van der Waals surface area contributed by atoms with Crippen molar-refractivity contribution in [2.24, 2.45) is 0 Å². The van der Waals surface area contributed by atoms with E-state index in [1.54, 1.807) is 24.2 Å². The molecule has 0 N–H and O–H groups in total. The predicted molar refractivity (Wildman–Crippen MR) is 111 cm³/mol. The lowest BCUT2D eigenvalue weighted by molar-refractivity contribution is 0.0410. The van der Waals surface area contributed by atoms with Crippen LogP contribution in [0.1, 0.15) is 5.56 Å². The third-order valence-corrected chi connectivity index (χ3v) is 5.81. The van der Waals surface area contributed by atoms with Gasteiger partial charge >= 0.3 is 0 Å². The molecule has 146 valence electrons. The lowest BCUT2D eigenvalue weighted by Crippen LogP contribution is -2.37. The molecule has 0 atom stereocenters. The molecule has 3 heterocycles. The van der Waals surface area contributed by atoms with Crippen molar-refractivity contribution in [1.82, 2.24) is 24.6 Å². The average Bonchev–Trinajstić information content (AvgIpc) is 3.17. The van der Waals surface area contributed by atoms with E-state index in [2.05, 4.69) is 55.0 Å². The Kier molecular flexibility index (Phi) is 6.70. The van der Waals surface area contributed by atoms with Gasteiger partial charge in [0.05, 0.1) is 13.2 Å². The minimum absolute atomic E-state index is 0.837. The molecular formula is C21H25N5OS. The van der Waals surface area contributed by atoms with E-state index in [9.17, 15) is 0 Å². The molecule has 1 aliphatic rings. The van der Waals surface area contributed by atoms with Crippen LogP contribution in [0.4, 0.5) is 0 Å². The van der Waals surface area contributed by atoms with Crippen LogP contribution in [0.25, 0.3) is 11.4 Å². The molecule has 0 saturated carbocycles. The number of morpholine rings is 1. The SMILES string of the molecule is c1ccc(CCn2c(SCCN3CCOCC3)nnc2-c2ccncc2)cc1. The number of thioether (sulfide) groups is 1.